The van der Waals surface area contributed by atoms with E-state index in [1.54, 1.807) is 36.1 Å². The number of halogens is 3. The third-order valence-corrected chi connectivity index (χ3v) is 8.53. The molecule has 1 aromatic carbocycles. The summed E-state index contributed by atoms with van der Waals surface area (Å²) < 4.78 is 43.3. The predicted octanol–water partition coefficient (Wildman–Crippen LogP) is 5.89. The molecular weight excluding hydrogens is 523 g/mol. The lowest BCUT2D eigenvalue weighted by Gasteiger charge is -2.33. The Hall–Kier alpha value is -3.42. The first-order valence-corrected chi connectivity index (χ1v) is 13.9. The first-order chi connectivity index (χ1) is 18.7. The summed E-state index contributed by atoms with van der Waals surface area (Å²) >= 11 is 1.33. The van der Waals surface area contributed by atoms with Crippen molar-refractivity contribution in [2.75, 3.05) is 26.2 Å². The number of carbonyl (C=O) groups is 1. The number of nitrogens with zero attached hydrogens (tertiary/aromatic N) is 5. The summed E-state index contributed by atoms with van der Waals surface area (Å²) in [4.78, 5) is 18.7. The van der Waals surface area contributed by atoms with E-state index in [0.717, 1.165) is 30.0 Å². The number of likely N-dealkylation sites (tertiary alicyclic amines) is 1. The molecule has 2 atom stereocenters. The number of aryl methyl sites for hydroxylation is 1. The van der Waals surface area contributed by atoms with E-state index in [0.29, 0.717) is 48.1 Å². The third-order valence-electron chi connectivity index (χ3n) is 7.49. The van der Waals surface area contributed by atoms with Crippen LogP contribution in [-0.4, -0.2) is 51.7 Å². The van der Waals surface area contributed by atoms with E-state index in [4.69, 9.17) is 0 Å². The summed E-state index contributed by atoms with van der Waals surface area (Å²) in [5, 5.41) is 13.4. The maximum Gasteiger partial charge on any atom is 0.435 e. The van der Waals surface area contributed by atoms with Gasteiger partial charge in [0.2, 0.25) is 5.91 Å². The average molecular weight is 554 g/mol. The molecule has 39 heavy (non-hydrogen) atoms. The molecule has 2 aliphatic heterocycles. The standard InChI is InChI=1S/C29H30F3N5OS/c1-3-37-17-25(28(34-37)29(30,31)32)22-8-5-4-7-21(22)24-16-36(18-26-23(24)13-20(14-33)39-26)27(38)9-6-11-35-12-10-19(2)15-35/h4-9,13,17,19,24H,3,10-12,15-16,18H2,1-2H3/b9-6+/t19?,24-/m0/s1. The van der Waals surface area contributed by atoms with Crippen LogP contribution in [0.3, 0.4) is 0 Å². The Kier molecular flexibility index (Phi) is 7.65. The number of hydrogen-bond acceptors (Lipinski definition) is 5. The van der Waals surface area contributed by atoms with Crippen LogP contribution < -0.4 is 0 Å². The van der Waals surface area contributed by atoms with Crippen molar-refractivity contribution in [3.63, 3.8) is 0 Å². The zero-order chi connectivity index (χ0) is 27.7. The summed E-state index contributed by atoms with van der Waals surface area (Å²) in [5.41, 5.74) is 1.08. The van der Waals surface area contributed by atoms with Gasteiger partial charge in [-0.3, -0.25) is 14.4 Å². The largest absolute Gasteiger partial charge is 0.435 e. The molecule has 4 heterocycles. The van der Waals surface area contributed by atoms with Gasteiger partial charge in [-0.1, -0.05) is 37.3 Å². The van der Waals surface area contributed by atoms with Gasteiger partial charge < -0.3 is 4.90 Å². The smallest absolute Gasteiger partial charge is 0.333 e. The molecule has 204 valence electrons. The molecule has 6 nitrogen and oxygen atoms in total. The molecule has 0 spiro atoms. The Balaban J connectivity index is 1.50. The maximum atomic E-state index is 14.0. The normalized spacial score (nSPS) is 19.9. The molecule has 2 aromatic heterocycles. The van der Waals surface area contributed by atoms with E-state index in [2.05, 4.69) is 23.0 Å². The number of carbonyl (C=O) groups excluding carboxylic acids is 1. The summed E-state index contributed by atoms with van der Waals surface area (Å²) in [6.07, 6.45) is 1.47. The second-order valence-corrected chi connectivity index (χ2v) is 11.4. The molecule has 1 amide bonds. The Bertz CT molecular complexity index is 1430. The molecule has 1 unspecified atom stereocenters. The summed E-state index contributed by atoms with van der Waals surface area (Å²) in [6.45, 7) is 7.69. The van der Waals surface area contributed by atoms with Crippen molar-refractivity contribution in [1.82, 2.24) is 19.6 Å². The lowest BCUT2D eigenvalue weighted by molar-refractivity contribution is -0.141. The van der Waals surface area contributed by atoms with E-state index in [1.165, 1.54) is 22.2 Å². The first-order valence-electron chi connectivity index (χ1n) is 13.1. The minimum Gasteiger partial charge on any atom is -0.333 e. The van der Waals surface area contributed by atoms with E-state index >= 15 is 0 Å². The molecule has 0 aliphatic carbocycles. The number of fused-ring (bicyclic) bond motifs is 1. The van der Waals surface area contributed by atoms with Crippen molar-refractivity contribution in [2.45, 2.75) is 45.5 Å². The van der Waals surface area contributed by atoms with Crippen molar-refractivity contribution in [1.29, 1.82) is 5.26 Å². The SMILES string of the molecule is CCn1cc(-c2ccccc2[C@@H]2CN(C(=O)/C=C/CN3CCC(C)C3)Cc3sc(C#N)cc32)c(C(F)(F)F)n1. The summed E-state index contributed by atoms with van der Waals surface area (Å²) in [6, 6.07) is 11.0. The third kappa shape index (κ3) is 5.65. The highest BCUT2D eigenvalue weighted by Gasteiger charge is 2.39. The van der Waals surface area contributed by atoms with Gasteiger partial charge in [-0.2, -0.15) is 23.5 Å². The van der Waals surface area contributed by atoms with E-state index in [1.807, 2.05) is 18.2 Å². The number of amides is 1. The molecule has 2 aliphatic rings. The quantitative estimate of drug-likeness (QED) is 0.357. The maximum absolute atomic E-state index is 14.0. The number of nitriles is 1. The van der Waals surface area contributed by atoms with Crippen molar-refractivity contribution < 1.29 is 18.0 Å². The second-order valence-electron chi connectivity index (χ2n) is 10.3. The molecule has 0 N–H and O–H groups in total. The van der Waals surface area contributed by atoms with Crippen molar-refractivity contribution >= 4 is 17.2 Å². The zero-order valence-corrected chi connectivity index (χ0v) is 22.7. The Labute approximate surface area is 230 Å². The van der Waals surface area contributed by atoms with Crippen LogP contribution in [0.4, 0.5) is 13.2 Å². The fraction of sp³-hybridized carbons (Fsp3) is 0.414. The van der Waals surface area contributed by atoms with Gasteiger partial charge in [0.1, 0.15) is 10.9 Å². The molecule has 10 heteroatoms. The zero-order valence-electron chi connectivity index (χ0n) is 21.9. The highest BCUT2D eigenvalue weighted by Crippen LogP contribution is 2.44. The van der Waals surface area contributed by atoms with E-state index in [-0.39, 0.29) is 17.4 Å². The monoisotopic (exact) mass is 553 g/mol. The van der Waals surface area contributed by atoms with Crippen LogP contribution in [0.25, 0.3) is 11.1 Å². The van der Waals surface area contributed by atoms with Gasteiger partial charge >= 0.3 is 6.18 Å². The first kappa shape index (κ1) is 27.2. The van der Waals surface area contributed by atoms with Gasteiger partial charge in [0.15, 0.2) is 5.69 Å². The van der Waals surface area contributed by atoms with E-state index in [9.17, 15) is 23.2 Å². The minimum atomic E-state index is -4.61. The topological polar surface area (TPSA) is 65.2 Å². The number of aromatic nitrogens is 2. The highest BCUT2D eigenvalue weighted by atomic mass is 32.1. The van der Waals surface area contributed by atoms with Crippen molar-refractivity contribution in [2.24, 2.45) is 5.92 Å². The average Bonchev–Trinajstić information content (AvgIpc) is 3.65. The van der Waals surface area contributed by atoms with Gasteiger partial charge in [-0.25, -0.2) is 0 Å². The number of rotatable bonds is 6. The lowest BCUT2D eigenvalue weighted by Crippen LogP contribution is -2.37. The van der Waals surface area contributed by atoms with Crippen LogP contribution in [0.5, 0.6) is 0 Å². The molecular formula is C29H30F3N5OS. The molecule has 0 saturated carbocycles. The van der Waals surface area contributed by atoms with Gasteiger partial charge in [-0.15, -0.1) is 11.3 Å². The van der Waals surface area contributed by atoms with Crippen LogP contribution in [0.2, 0.25) is 0 Å². The van der Waals surface area contributed by atoms with Crippen LogP contribution in [0.1, 0.15) is 52.8 Å². The van der Waals surface area contributed by atoms with Crippen LogP contribution in [0, 0.1) is 17.2 Å². The number of alkyl halides is 3. The Morgan fingerprint density at radius 1 is 1.23 bits per heavy atom. The Morgan fingerprint density at radius 2 is 2.03 bits per heavy atom. The highest BCUT2D eigenvalue weighted by molar-refractivity contribution is 7.12. The second kappa shape index (κ2) is 11.0. The minimum absolute atomic E-state index is 0.0143. The molecule has 5 rings (SSSR count). The number of benzene rings is 1. The van der Waals surface area contributed by atoms with Crippen LogP contribution in [-0.2, 0) is 24.1 Å². The fourth-order valence-corrected chi connectivity index (χ4v) is 6.58. The van der Waals surface area contributed by atoms with E-state index < -0.39 is 11.9 Å². The summed E-state index contributed by atoms with van der Waals surface area (Å²) in [7, 11) is 0. The summed E-state index contributed by atoms with van der Waals surface area (Å²) in [5.74, 6) is 0.133. The molecule has 1 saturated heterocycles. The molecule has 3 aromatic rings. The fourth-order valence-electron chi connectivity index (χ4n) is 5.54. The van der Waals surface area contributed by atoms with Gasteiger partial charge in [0.25, 0.3) is 0 Å². The van der Waals surface area contributed by atoms with Gasteiger partial charge in [0.05, 0.1) is 6.54 Å². The van der Waals surface area contributed by atoms with Crippen LogP contribution >= 0.6 is 11.3 Å². The molecule has 0 bridgehead atoms. The number of thiophene rings is 1. The molecule has 1 fully saturated rings. The lowest BCUT2D eigenvalue weighted by atomic mass is 9.83. The van der Waals surface area contributed by atoms with Crippen molar-refractivity contribution in [3.05, 3.63) is 75.3 Å². The Morgan fingerprint density at radius 3 is 2.72 bits per heavy atom. The predicted molar refractivity (Wildman–Crippen MR) is 144 cm³/mol. The van der Waals surface area contributed by atoms with Gasteiger partial charge in [0, 0.05) is 54.8 Å². The number of hydrogen-bond donors (Lipinski definition) is 0. The van der Waals surface area contributed by atoms with Crippen molar-refractivity contribution in [3.8, 4) is 17.2 Å². The van der Waals surface area contributed by atoms with Crippen LogP contribution in [0.15, 0.2) is 48.7 Å². The molecule has 0 radical (unpaired) electrons. The van der Waals surface area contributed by atoms with Gasteiger partial charge in [-0.05, 0) is 48.6 Å².